The van der Waals surface area contributed by atoms with E-state index in [-0.39, 0.29) is 0 Å². The SMILES string of the molecule is Cc1cc(C)cc(C(O)c2cnn(C)c2N)c1. The molecule has 4 nitrogen and oxygen atoms in total. The van der Waals surface area contributed by atoms with Crippen molar-refractivity contribution >= 4 is 5.82 Å². The molecule has 0 saturated carbocycles. The Kier molecular flexibility index (Phi) is 2.90. The van der Waals surface area contributed by atoms with Gasteiger partial charge in [-0.15, -0.1) is 0 Å². The topological polar surface area (TPSA) is 64.1 Å². The summed E-state index contributed by atoms with van der Waals surface area (Å²) < 4.78 is 1.56. The third kappa shape index (κ3) is 2.17. The highest BCUT2D eigenvalue weighted by Gasteiger charge is 2.17. The van der Waals surface area contributed by atoms with Gasteiger partial charge in [-0.25, -0.2) is 0 Å². The molecule has 0 aliphatic carbocycles. The van der Waals surface area contributed by atoms with Crippen LogP contribution in [0, 0.1) is 13.8 Å². The zero-order chi connectivity index (χ0) is 12.6. The van der Waals surface area contributed by atoms with Crippen LogP contribution in [0.1, 0.15) is 28.4 Å². The molecule has 1 heterocycles. The molecule has 0 spiro atoms. The lowest BCUT2D eigenvalue weighted by Gasteiger charge is -2.12. The summed E-state index contributed by atoms with van der Waals surface area (Å²) in [6.45, 7) is 4.02. The first-order valence-electron chi connectivity index (χ1n) is 5.52. The number of hydrogen-bond donors (Lipinski definition) is 2. The monoisotopic (exact) mass is 231 g/mol. The van der Waals surface area contributed by atoms with Gasteiger partial charge in [0.1, 0.15) is 11.9 Å². The second-order valence-electron chi connectivity index (χ2n) is 4.43. The Bertz CT molecular complexity index is 525. The smallest absolute Gasteiger partial charge is 0.127 e. The lowest BCUT2D eigenvalue weighted by Crippen LogP contribution is -2.05. The predicted octanol–water partition coefficient (Wildman–Crippen LogP) is 1.70. The highest BCUT2D eigenvalue weighted by atomic mass is 16.3. The molecule has 0 fully saturated rings. The van der Waals surface area contributed by atoms with Crippen molar-refractivity contribution < 1.29 is 5.11 Å². The van der Waals surface area contributed by atoms with E-state index in [9.17, 15) is 5.11 Å². The molecule has 0 aliphatic heterocycles. The number of hydrogen-bond acceptors (Lipinski definition) is 3. The first-order valence-corrected chi connectivity index (χ1v) is 5.52. The minimum absolute atomic E-state index is 0.497. The van der Waals surface area contributed by atoms with Crippen LogP contribution >= 0.6 is 0 Å². The minimum atomic E-state index is -0.720. The lowest BCUT2D eigenvalue weighted by atomic mass is 9.99. The minimum Gasteiger partial charge on any atom is -0.384 e. The number of nitrogens with two attached hydrogens (primary N) is 1. The molecular weight excluding hydrogens is 214 g/mol. The van der Waals surface area contributed by atoms with E-state index in [1.165, 1.54) is 0 Å². The van der Waals surface area contributed by atoms with E-state index in [4.69, 9.17) is 5.73 Å². The van der Waals surface area contributed by atoms with Crippen molar-refractivity contribution in [1.29, 1.82) is 0 Å². The Morgan fingerprint density at radius 1 is 1.24 bits per heavy atom. The van der Waals surface area contributed by atoms with Crippen LogP contribution in [-0.2, 0) is 7.05 Å². The molecular formula is C13H17N3O. The van der Waals surface area contributed by atoms with Crippen LogP contribution in [0.4, 0.5) is 5.82 Å². The first kappa shape index (κ1) is 11.7. The quantitative estimate of drug-likeness (QED) is 0.826. The van der Waals surface area contributed by atoms with Gasteiger partial charge in [0.25, 0.3) is 0 Å². The molecule has 1 aromatic carbocycles. The summed E-state index contributed by atoms with van der Waals surface area (Å²) in [6.07, 6.45) is 0.889. The average Bonchev–Trinajstić information content (AvgIpc) is 2.57. The number of aliphatic hydroxyl groups is 1. The maximum Gasteiger partial charge on any atom is 0.127 e. The van der Waals surface area contributed by atoms with E-state index in [1.54, 1.807) is 17.9 Å². The van der Waals surface area contributed by atoms with Gasteiger partial charge in [-0.2, -0.15) is 5.10 Å². The standard InChI is InChI=1S/C13H17N3O/c1-8-4-9(2)6-10(5-8)12(17)11-7-15-16(3)13(11)14/h4-7,12,17H,14H2,1-3H3. The zero-order valence-corrected chi connectivity index (χ0v) is 10.3. The van der Waals surface area contributed by atoms with Crippen molar-refractivity contribution in [2.75, 3.05) is 5.73 Å². The Morgan fingerprint density at radius 2 is 1.82 bits per heavy atom. The number of nitrogens with zero attached hydrogens (tertiary/aromatic N) is 2. The van der Waals surface area contributed by atoms with E-state index in [1.807, 2.05) is 26.0 Å². The van der Waals surface area contributed by atoms with Gasteiger partial charge in [0.2, 0.25) is 0 Å². The van der Waals surface area contributed by atoms with Crippen LogP contribution in [0.5, 0.6) is 0 Å². The molecule has 0 radical (unpaired) electrons. The van der Waals surface area contributed by atoms with E-state index in [2.05, 4.69) is 11.2 Å². The molecule has 4 heteroatoms. The summed E-state index contributed by atoms with van der Waals surface area (Å²) in [6, 6.07) is 6.00. The van der Waals surface area contributed by atoms with E-state index in [0.29, 0.717) is 11.4 Å². The third-order valence-electron chi connectivity index (χ3n) is 2.87. The second kappa shape index (κ2) is 4.22. The summed E-state index contributed by atoms with van der Waals surface area (Å²) in [5.41, 5.74) is 9.61. The van der Waals surface area contributed by atoms with Gasteiger partial charge in [-0.05, 0) is 19.4 Å². The first-order chi connectivity index (χ1) is 7.99. The number of aliphatic hydroxyl groups excluding tert-OH is 1. The summed E-state index contributed by atoms with van der Waals surface area (Å²) in [7, 11) is 1.76. The van der Waals surface area contributed by atoms with Gasteiger partial charge in [-0.3, -0.25) is 4.68 Å². The van der Waals surface area contributed by atoms with Crippen LogP contribution in [0.2, 0.25) is 0 Å². The highest BCUT2D eigenvalue weighted by Crippen LogP contribution is 2.27. The fourth-order valence-electron chi connectivity index (χ4n) is 2.02. The number of benzene rings is 1. The number of rotatable bonds is 2. The number of nitrogen functional groups attached to an aromatic ring is 1. The molecule has 17 heavy (non-hydrogen) atoms. The summed E-state index contributed by atoms with van der Waals surface area (Å²) in [5, 5.41) is 14.3. The van der Waals surface area contributed by atoms with Crippen LogP contribution in [0.3, 0.4) is 0 Å². The largest absolute Gasteiger partial charge is 0.384 e. The fraction of sp³-hybridized carbons (Fsp3) is 0.308. The Balaban J connectivity index is 2.43. The van der Waals surface area contributed by atoms with Crippen LogP contribution in [0.15, 0.2) is 24.4 Å². The summed E-state index contributed by atoms with van der Waals surface area (Å²) in [5.74, 6) is 0.497. The van der Waals surface area contributed by atoms with Gasteiger partial charge in [0.05, 0.1) is 6.20 Å². The molecule has 0 saturated heterocycles. The fourth-order valence-corrected chi connectivity index (χ4v) is 2.02. The zero-order valence-electron chi connectivity index (χ0n) is 10.3. The molecule has 1 aromatic heterocycles. The van der Waals surface area contributed by atoms with Gasteiger partial charge >= 0.3 is 0 Å². The number of aromatic nitrogens is 2. The Morgan fingerprint density at radius 3 is 2.29 bits per heavy atom. The average molecular weight is 231 g/mol. The molecule has 90 valence electrons. The van der Waals surface area contributed by atoms with Gasteiger partial charge in [-0.1, -0.05) is 29.3 Å². The van der Waals surface area contributed by atoms with Crippen LogP contribution in [0.25, 0.3) is 0 Å². The van der Waals surface area contributed by atoms with Gasteiger partial charge in [0.15, 0.2) is 0 Å². The predicted molar refractivity (Wildman–Crippen MR) is 67.6 cm³/mol. The molecule has 0 amide bonds. The van der Waals surface area contributed by atoms with Crippen LogP contribution < -0.4 is 5.73 Å². The highest BCUT2D eigenvalue weighted by molar-refractivity contribution is 5.45. The molecule has 1 atom stereocenters. The Hall–Kier alpha value is -1.81. The normalized spacial score (nSPS) is 12.7. The maximum absolute atomic E-state index is 10.3. The lowest BCUT2D eigenvalue weighted by molar-refractivity contribution is 0.221. The van der Waals surface area contributed by atoms with Crippen molar-refractivity contribution in [2.45, 2.75) is 20.0 Å². The van der Waals surface area contributed by atoms with Gasteiger partial charge < -0.3 is 10.8 Å². The Labute approximate surface area is 101 Å². The molecule has 1 unspecified atom stereocenters. The van der Waals surface area contributed by atoms with Gasteiger partial charge in [0, 0.05) is 12.6 Å². The maximum atomic E-state index is 10.3. The van der Waals surface area contributed by atoms with Crippen molar-refractivity contribution in [3.63, 3.8) is 0 Å². The molecule has 3 N–H and O–H groups in total. The summed E-state index contributed by atoms with van der Waals surface area (Å²) >= 11 is 0. The van der Waals surface area contributed by atoms with E-state index in [0.717, 1.165) is 16.7 Å². The van der Waals surface area contributed by atoms with Crippen molar-refractivity contribution in [3.8, 4) is 0 Å². The van der Waals surface area contributed by atoms with Crippen molar-refractivity contribution in [3.05, 3.63) is 46.6 Å². The van der Waals surface area contributed by atoms with E-state index >= 15 is 0 Å². The van der Waals surface area contributed by atoms with Crippen LogP contribution in [-0.4, -0.2) is 14.9 Å². The summed E-state index contributed by atoms with van der Waals surface area (Å²) in [4.78, 5) is 0. The van der Waals surface area contributed by atoms with Crippen molar-refractivity contribution in [2.24, 2.45) is 7.05 Å². The third-order valence-corrected chi connectivity index (χ3v) is 2.87. The molecule has 2 rings (SSSR count). The number of aryl methyl sites for hydroxylation is 3. The molecule has 0 aliphatic rings. The molecule has 0 bridgehead atoms. The second-order valence-corrected chi connectivity index (χ2v) is 4.43. The van der Waals surface area contributed by atoms with E-state index < -0.39 is 6.10 Å². The van der Waals surface area contributed by atoms with Crippen molar-refractivity contribution in [1.82, 2.24) is 9.78 Å². The number of anilines is 1. The molecule has 2 aromatic rings.